The number of benzene rings is 1. The minimum atomic E-state index is -4.39. The second-order valence-electron chi connectivity index (χ2n) is 6.88. The number of nitrogens with zero attached hydrogens (tertiary/aromatic N) is 4. The van der Waals surface area contributed by atoms with Gasteiger partial charge in [0.25, 0.3) is 0 Å². The number of likely N-dealkylation sites (tertiary alicyclic amines) is 1. The van der Waals surface area contributed by atoms with Crippen LogP contribution in [0.4, 0.5) is 13.2 Å². The minimum Gasteiger partial charge on any atom is -0.335 e. The van der Waals surface area contributed by atoms with Gasteiger partial charge < -0.3 is 4.90 Å². The molecule has 1 aliphatic rings. The van der Waals surface area contributed by atoms with Gasteiger partial charge in [-0.05, 0) is 31.2 Å². The molecule has 0 saturated carbocycles. The molecule has 0 radical (unpaired) electrons. The molecule has 1 aromatic carbocycles. The third-order valence-corrected chi connectivity index (χ3v) is 4.81. The first-order valence-corrected chi connectivity index (χ1v) is 8.71. The number of rotatable bonds is 3. The highest BCUT2D eigenvalue weighted by atomic mass is 19.4. The smallest absolute Gasteiger partial charge is 0.335 e. The van der Waals surface area contributed by atoms with Gasteiger partial charge in [0.15, 0.2) is 0 Å². The first kappa shape index (κ1) is 18.2. The zero-order chi connectivity index (χ0) is 20.1. The predicted octanol–water partition coefficient (Wildman–Crippen LogP) is 4.08. The topological polar surface area (TPSA) is 51.0 Å². The fraction of sp³-hybridized carbons (Fsp3) is 0.250. The maximum Gasteiger partial charge on any atom is 0.416 e. The van der Waals surface area contributed by atoms with Gasteiger partial charge in [-0.15, -0.1) is 0 Å². The summed E-state index contributed by atoms with van der Waals surface area (Å²) in [5.41, 5.74) is 2.26. The van der Waals surface area contributed by atoms with E-state index in [1.54, 1.807) is 28.8 Å². The molecule has 0 aliphatic carbocycles. The summed E-state index contributed by atoms with van der Waals surface area (Å²) < 4.78 is 40.3. The highest BCUT2D eigenvalue weighted by Crippen LogP contribution is 2.34. The van der Waals surface area contributed by atoms with Crippen LogP contribution in [-0.4, -0.2) is 38.7 Å². The Morgan fingerprint density at radius 2 is 1.86 bits per heavy atom. The summed E-state index contributed by atoms with van der Waals surface area (Å²) in [6.07, 6.45) is -2.76. The molecule has 4 rings (SSSR count). The van der Waals surface area contributed by atoms with Crippen LogP contribution in [0.3, 0.4) is 0 Å². The molecule has 0 spiro atoms. The summed E-state index contributed by atoms with van der Waals surface area (Å²) >= 11 is 0. The highest BCUT2D eigenvalue weighted by Gasteiger charge is 2.34. The number of amides is 1. The van der Waals surface area contributed by atoms with Crippen molar-refractivity contribution >= 4 is 16.9 Å². The van der Waals surface area contributed by atoms with E-state index < -0.39 is 11.7 Å². The Labute approximate surface area is 159 Å². The number of halogens is 3. The second kappa shape index (κ2) is 6.47. The molecule has 0 N–H and O–H groups in total. The van der Waals surface area contributed by atoms with Gasteiger partial charge in [0, 0.05) is 30.4 Å². The van der Waals surface area contributed by atoms with Crippen LogP contribution in [0, 0.1) is 0 Å². The number of alkyl halides is 3. The third kappa shape index (κ3) is 3.04. The molecule has 1 amide bonds. The first-order valence-electron chi connectivity index (χ1n) is 8.71. The van der Waals surface area contributed by atoms with Gasteiger partial charge in [0.1, 0.15) is 11.2 Å². The van der Waals surface area contributed by atoms with E-state index in [2.05, 4.69) is 16.7 Å². The van der Waals surface area contributed by atoms with E-state index in [0.29, 0.717) is 35.4 Å². The van der Waals surface area contributed by atoms with Crippen molar-refractivity contribution in [2.24, 2.45) is 0 Å². The Hall–Kier alpha value is -3.16. The lowest BCUT2D eigenvalue weighted by Gasteiger charge is -2.39. The van der Waals surface area contributed by atoms with Crippen LogP contribution in [0.1, 0.15) is 18.5 Å². The molecule has 0 bridgehead atoms. The zero-order valence-electron chi connectivity index (χ0n) is 15.1. The van der Waals surface area contributed by atoms with Crippen molar-refractivity contribution in [1.82, 2.24) is 19.7 Å². The molecule has 1 saturated heterocycles. The van der Waals surface area contributed by atoms with E-state index in [4.69, 9.17) is 0 Å². The number of carbonyl (C=O) groups excluding carboxylic acids is 1. The van der Waals surface area contributed by atoms with Crippen molar-refractivity contribution in [2.75, 3.05) is 13.1 Å². The van der Waals surface area contributed by atoms with E-state index in [9.17, 15) is 18.0 Å². The number of pyridine rings is 1. The Bertz CT molecular complexity index is 1060. The van der Waals surface area contributed by atoms with Crippen LogP contribution < -0.4 is 0 Å². The first-order chi connectivity index (χ1) is 13.3. The summed E-state index contributed by atoms with van der Waals surface area (Å²) in [5, 5.41) is 4.62. The molecule has 0 unspecified atom stereocenters. The molecule has 3 heterocycles. The maximum atomic E-state index is 12.8. The van der Waals surface area contributed by atoms with Crippen molar-refractivity contribution in [1.29, 1.82) is 0 Å². The molecule has 8 heteroatoms. The van der Waals surface area contributed by atoms with Crippen LogP contribution in [0.2, 0.25) is 0 Å². The van der Waals surface area contributed by atoms with Crippen molar-refractivity contribution in [2.45, 2.75) is 19.1 Å². The highest BCUT2D eigenvalue weighted by molar-refractivity contribution is 5.93. The Kier molecular flexibility index (Phi) is 4.21. The summed E-state index contributed by atoms with van der Waals surface area (Å²) in [5.74, 6) is -0.0891. The van der Waals surface area contributed by atoms with E-state index >= 15 is 0 Å². The van der Waals surface area contributed by atoms with Gasteiger partial charge in [0.05, 0.1) is 17.1 Å². The third-order valence-electron chi connectivity index (χ3n) is 4.81. The Balaban J connectivity index is 1.68. The normalized spacial score (nSPS) is 14.9. The predicted molar refractivity (Wildman–Crippen MR) is 98.4 cm³/mol. The van der Waals surface area contributed by atoms with Crippen molar-refractivity contribution in [3.05, 3.63) is 60.3 Å². The molecule has 2 aromatic heterocycles. The van der Waals surface area contributed by atoms with Gasteiger partial charge in [-0.2, -0.15) is 18.3 Å². The number of hydrogen-bond acceptors (Lipinski definition) is 3. The van der Waals surface area contributed by atoms with Crippen LogP contribution in [-0.2, 0) is 11.0 Å². The van der Waals surface area contributed by atoms with Crippen LogP contribution in [0.15, 0.2) is 54.7 Å². The largest absolute Gasteiger partial charge is 0.416 e. The summed E-state index contributed by atoms with van der Waals surface area (Å²) in [4.78, 5) is 18.1. The van der Waals surface area contributed by atoms with Crippen LogP contribution >= 0.6 is 0 Å². The van der Waals surface area contributed by atoms with Gasteiger partial charge in [-0.3, -0.25) is 14.5 Å². The standard InChI is InChI=1S/C20H17F3N4O/c1-12(2)19(28)26-10-15(11-26)27-16-4-3-9-24-18(16)17(25-27)13-5-7-14(8-6-13)20(21,22)23/h3-9,15H,1,10-11H2,2H3. The fourth-order valence-electron chi connectivity index (χ4n) is 3.31. The molecular weight excluding hydrogens is 369 g/mol. The average Bonchev–Trinajstić information content (AvgIpc) is 2.99. The van der Waals surface area contributed by atoms with Gasteiger partial charge in [-0.25, -0.2) is 0 Å². The average molecular weight is 386 g/mol. The fourth-order valence-corrected chi connectivity index (χ4v) is 3.31. The lowest BCUT2D eigenvalue weighted by Crippen LogP contribution is -2.51. The molecular formula is C20H17F3N4O. The molecule has 0 atom stereocenters. The molecule has 3 aromatic rings. The van der Waals surface area contributed by atoms with Crippen LogP contribution in [0.5, 0.6) is 0 Å². The van der Waals surface area contributed by atoms with E-state index in [-0.39, 0.29) is 11.9 Å². The van der Waals surface area contributed by atoms with E-state index in [1.807, 2.05) is 6.07 Å². The minimum absolute atomic E-state index is 0.0156. The molecule has 144 valence electrons. The SMILES string of the molecule is C=C(C)C(=O)N1CC(n2nc(-c3ccc(C(F)(F)F)cc3)c3ncccc32)C1. The summed E-state index contributed by atoms with van der Waals surface area (Å²) in [7, 11) is 0. The number of carbonyl (C=O) groups is 1. The van der Waals surface area contributed by atoms with Crippen molar-refractivity contribution < 1.29 is 18.0 Å². The lowest BCUT2D eigenvalue weighted by atomic mass is 10.1. The van der Waals surface area contributed by atoms with E-state index in [0.717, 1.165) is 17.6 Å². The van der Waals surface area contributed by atoms with E-state index in [1.165, 1.54) is 12.1 Å². The van der Waals surface area contributed by atoms with Gasteiger partial charge in [-0.1, -0.05) is 18.7 Å². The lowest BCUT2D eigenvalue weighted by molar-refractivity contribution is -0.137. The molecule has 5 nitrogen and oxygen atoms in total. The molecule has 1 fully saturated rings. The Morgan fingerprint density at radius 3 is 2.46 bits per heavy atom. The number of aromatic nitrogens is 3. The zero-order valence-corrected chi connectivity index (χ0v) is 15.1. The second-order valence-corrected chi connectivity index (χ2v) is 6.88. The monoisotopic (exact) mass is 386 g/mol. The van der Waals surface area contributed by atoms with Crippen LogP contribution in [0.25, 0.3) is 22.3 Å². The van der Waals surface area contributed by atoms with Crippen molar-refractivity contribution in [3.8, 4) is 11.3 Å². The Morgan fingerprint density at radius 1 is 1.18 bits per heavy atom. The summed E-state index contributed by atoms with van der Waals surface area (Å²) in [6.45, 7) is 6.35. The van der Waals surface area contributed by atoms with Gasteiger partial charge >= 0.3 is 6.18 Å². The number of hydrogen-bond donors (Lipinski definition) is 0. The number of fused-ring (bicyclic) bond motifs is 1. The molecule has 28 heavy (non-hydrogen) atoms. The molecule has 1 aliphatic heterocycles. The van der Waals surface area contributed by atoms with Crippen molar-refractivity contribution in [3.63, 3.8) is 0 Å². The summed E-state index contributed by atoms with van der Waals surface area (Å²) in [6, 6.07) is 8.53. The quantitative estimate of drug-likeness (QED) is 0.638. The maximum absolute atomic E-state index is 12.8. The van der Waals surface area contributed by atoms with Gasteiger partial charge in [0.2, 0.25) is 5.91 Å².